The number of benzene rings is 1. The molecular formula is C17H27ClN2O3. The number of ether oxygens (including phenoxy) is 1. The molecule has 0 spiro atoms. The SMILES string of the molecule is CC(C)c1ccc(NC(=O)[C@@H](N)CC(=O)OC(C)(C)C)cc1.Cl. The molecule has 0 saturated carbocycles. The van der Waals surface area contributed by atoms with Crippen molar-refractivity contribution >= 4 is 30.0 Å². The van der Waals surface area contributed by atoms with Gasteiger partial charge in [-0.1, -0.05) is 26.0 Å². The zero-order chi connectivity index (χ0) is 16.9. The van der Waals surface area contributed by atoms with Gasteiger partial charge in [-0.15, -0.1) is 12.4 Å². The van der Waals surface area contributed by atoms with Crippen molar-refractivity contribution in [2.24, 2.45) is 5.73 Å². The van der Waals surface area contributed by atoms with Crippen LogP contribution in [0.4, 0.5) is 5.69 Å². The van der Waals surface area contributed by atoms with Crippen molar-refractivity contribution in [2.45, 2.75) is 58.6 Å². The van der Waals surface area contributed by atoms with Crippen molar-refractivity contribution in [3.05, 3.63) is 29.8 Å². The van der Waals surface area contributed by atoms with Crippen LogP contribution in [0.1, 0.15) is 52.5 Å². The van der Waals surface area contributed by atoms with Crippen LogP contribution in [0.5, 0.6) is 0 Å². The van der Waals surface area contributed by atoms with E-state index in [-0.39, 0.29) is 18.8 Å². The van der Waals surface area contributed by atoms with Crippen molar-refractivity contribution in [1.29, 1.82) is 0 Å². The third-order valence-electron chi connectivity index (χ3n) is 2.99. The number of halogens is 1. The highest BCUT2D eigenvalue weighted by Crippen LogP contribution is 2.17. The van der Waals surface area contributed by atoms with Gasteiger partial charge in [0, 0.05) is 5.69 Å². The molecular weight excluding hydrogens is 316 g/mol. The first-order valence-electron chi connectivity index (χ1n) is 7.47. The molecule has 3 N–H and O–H groups in total. The van der Waals surface area contributed by atoms with E-state index < -0.39 is 23.5 Å². The van der Waals surface area contributed by atoms with E-state index >= 15 is 0 Å². The van der Waals surface area contributed by atoms with Gasteiger partial charge >= 0.3 is 5.97 Å². The maximum atomic E-state index is 12.0. The number of anilines is 1. The van der Waals surface area contributed by atoms with Crippen molar-refractivity contribution in [3.63, 3.8) is 0 Å². The molecule has 1 aromatic carbocycles. The lowest BCUT2D eigenvalue weighted by Gasteiger charge is -2.20. The van der Waals surface area contributed by atoms with Crippen LogP contribution in [-0.4, -0.2) is 23.5 Å². The van der Waals surface area contributed by atoms with E-state index in [2.05, 4.69) is 19.2 Å². The minimum absolute atomic E-state index is 0. The summed E-state index contributed by atoms with van der Waals surface area (Å²) in [5.74, 6) is -0.451. The molecule has 23 heavy (non-hydrogen) atoms. The lowest BCUT2D eigenvalue weighted by atomic mass is 10.0. The second-order valence-electron chi connectivity index (χ2n) is 6.66. The van der Waals surface area contributed by atoms with E-state index in [1.165, 1.54) is 5.56 Å². The fraction of sp³-hybridized carbons (Fsp3) is 0.529. The second kappa shape index (κ2) is 8.89. The van der Waals surface area contributed by atoms with Crippen LogP contribution in [0.2, 0.25) is 0 Å². The van der Waals surface area contributed by atoms with Crippen LogP contribution in [0.3, 0.4) is 0 Å². The molecule has 130 valence electrons. The number of carbonyl (C=O) groups is 2. The number of rotatable bonds is 5. The second-order valence-corrected chi connectivity index (χ2v) is 6.66. The first-order valence-corrected chi connectivity index (χ1v) is 7.47. The first kappa shape index (κ1) is 21.4. The average Bonchev–Trinajstić information content (AvgIpc) is 2.36. The van der Waals surface area contributed by atoms with Gasteiger partial charge in [0.15, 0.2) is 0 Å². The van der Waals surface area contributed by atoms with E-state index in [1.807, 2.05) is 24.3 Å². The zero-order valence-electron chi connectivity index (χ0n) is 14.4. The van der Waals surface area contributed by atoms with Gasteiger partial charge in [-0.05, 0) is 44.4 Å². The van der Waals surface area contributed by atoms with Crippen LogP contribution >= 0.6 is 12.4 Å². The smallest absolute Gasteiger partial charge is 0.308 e. The Hall–Kier alpha value is -1.59. The molecule has 1 aromatic rings. The summed E-state index contributed by atoms with van der Waals surface area (Å²) in [6, 6.07) is 6.64. The van der Waals surface area contributed by atoms with E-state index in [1.54, 1.807) is 20.8 Å². The fourth-order valence-electron chi connectivity index (χ4n) is 1.84. The average molecular weight is 343 g/mol. The van der Waals surface area contributed by atoms with Crippen molar-refractivity contribution in [3.8, 4) is 0 Å². The fourth-order valence-corrected chi connectivity index (χ4v) is 1.84. The summed E-state index contributed by atoms with van der Waals surface area (Å²) in [4.78, 5) is 23.7. The molecule has 1 amide bonds. The number of hydrogen-bond acceptors (Lipinski definition) is 4. The summed E-state index contributed by atoms with van der Waals surface area (Å²) < 4.78 is 5.15. The van der Waals surface area contributed by atoms with Gasteiger partial charge in [-0.3, -0.25) is 9.59 Å². The molecule has 0 aliphatic heterocycles. The molecule has 1 rings (SSSR count). The van der Waals surface area contributed by atoms with Crippen LogP contribution in [0.25, 0.3) is 0 Å². The summed E-state index contributed by atoms with van der Waals surface area (Å²) >= 11 is 0. The first-order chi connectivity index (χ1) is 10.1. The Kier molecular flexibility index (Phi) is 8.28. The van der Waals surface area contributed by atoms with Crippen LogP contribution in [0.15, 0.2) is 24.3 Å². The van der Waals surface area contributed by atoms with Crippen molar-refractivity contribution < 1.29 is 14.3 Å². The highest BCUT2D eigenvalue weighted by molar-refractivity contribution is 5.96. The quantitative estimate of drug-likeness (QED) is 0.805. The number of nitrogens with one attached hydrogen (secondary N) is 1. The monoisotopic (exact) mass is 342 g/mol. The number of amides is 1. The Morgan fingerprint density at radius 1 is 1.17 bits per heavy atom. The topological polar surface area (TPSA) is 81.4 Å². The highest BCUT2D eigenvalue weighted by Gasteiger charge is 2.22. The van der Waals surface area contributed by atoms with Gasteiger partial charge in [0.2, 0.25) is 5.91 Å². The molecule has 0 bridgehead atoms. The summed E-state index contributed by atoms with van der Waals surface area (Å²) in [5, 5.41) is 2.70. The molecule has 0 aromatic heterocycles. The van der Waals surface area contributed by atoms with Gasteiger partial charge in [0.25, 0.3) is 0 Å². The van der Waals surface area contributed by atoms with Gasteiger partial charge < -0.3 is 15.8 Å². The molecule has 5 nitrogen and oxygen atoms in total. The van der Waals surface area contributed by atoms with Gasteiger partial charge in [-0.2, -0.15) is 0 Å². The molecule has 0 aliphatic carbocycles. The predicted octanol–water partition coefficient (Wildman–Crippen LogP) is 3.23. The molecule has 6 heteroatoms. The number of nitrogens with two attached hydrogens (primary N) is 1. The summed E-state index contributed by atoms with van der Waals surface area (Å²) in [6.45, 7) is 9.51. The maximum Gasteiger partial charge on any atom is 0.308 e. The lowest BCUT2D eigenvalue weighted by Crippen LogP contribution is -2.39. The Labute approximate surface area is 144 Å². The van der Waals surface area contributed by atoms with Gasteiger partial charge in [0.05, 0.1) is 12.5 Å². The summed E-state index contributed by atoms with van der Waals surface area (Å²) in [6.07, 6.45) is -0.146. The Morgan fingerprint density at radius 2 is 1.70 bits per heavy atom. The number of carbonyl (C=O) groups excluding carboxylic acids is 2. The molecule has 0 saturated heterocycles. The molecule has 0 heterocycles. The zero-order valence-corrected chi connectivity index (χ0v) is 15.2. The van der Waals surface area contributed by atoms with E-state index in [9.17, 15) is 9.59 Å². The predicted molar refractivity (Wildman–Crippen MR) is 94.8 cm³/mol. The number of esters is 1. The number of hydrogen-bond donors (Lipinski definition) is 2. The lowest BCUT2D eigenvalue weighted by molar-refractivity contribution is -0.155. The maximum absolute atomic E-state index is 12.0. The normalized spacial score (nSPS) is 12.3. The Bertz CT molecular complexity index is 522. The van der Waals surface area contributed by atoms with Crippen molar-refractivity contribution in [2.75, 3.05) is 5.32 Å². The van der Waals surface area contributed by atoms with Crippen LogP contribution in [0, 0.1) is 0 Å². The van der Waals surface area contributed by atoms with E-state index in [0.717, 1.165) is 0 Å². The summed E-state index contributed by atoms with van der Waals surface area (Å²) in [5.41, 5.74) is 7.02. The third-order valence-corrected chi connectivity index (χ3v) is 2.99. The highest BCUT2D eigenvalue weighted by atomic mass is 35.5. The Balaban J connectivity index is 0.00000484. The molecule has 0 unspecified atom stereocenters. The van der Waals surface area contributed by atoms with Gasteiger partial charge in [0.1, 0.15) is 5.60 Å². The van der Waals surface area contributed by atoms with E-state index in [4.69, 9.17) is 10.5 Å². The molecule has 0 aliphatic rings. The standard InChI is InChI=1S/C17H26N2O3.ClH/c1-11(2)12-6-8-13(9-7-12)19-16(21)14(18)10-15(20)22-17(3,4)5;/h6-9,11,14H,10,18H2,1-5H3,(H,19,21);1H/t14-;/m0./s1. The minimum atomic E-state index is -0.931. The molecule has 1 atom stereocenters. The van der Waals surface area contributed by atoms with Crippen LogP contribution in [-0.2, 0) is 14.3 Å². The largest absolute Gasteiger partial charge is 0.460 e. The third kappa shape index (κ3) is 8.00. The Morgan fingerprint density at radius 3 is 2.13 bits per heavy atom. The van der Waals surface area contributed by atoms with E-state index in [0.29, 0.717) is 11.6 Å². The minimum Gasteiger partial charge on any atom is -0.460 e. The van der Waals surface area contributed by atoms with Crippen LogP contribution < -0.4 is 11.1 Å². The van der Waals surface area contributed by atoms with Crippen molar-refractivity contribution in [1.82, 2.24) is 0 Å². The summed E-state index contributed by atoms with van der Waals surface area (Å²) in [7, 11) is 0. The molecule has 0 radical (unpaired) electrons. The molecule has 0 fully saturated rings. The van der Waals surface area contributed by atoms with Gasteiger partial charge in [-0.25, -0.2) is 0 Å².